The number of ether oxygens (including phenoxy) is 2. The molecule has 7 heteroatoms. The van der Waals surface area contributed by atoms with Gasteiger partial charge in [0.2, 0.25) is 0 Å². The number of hydrogen-bond acceptors (Lipinski definition) is 4. The van der Waals surface area contributed by atoms with Crippen LogP contribution in [0.5, 0.6) is 11.5 Å². The molecule has 0 N–H and O–H groups in total. The van der Waals surface area contributed by atoms with Crippen LogP contribution in [0.15, 0.2) is 26.8 Å². The largest absolute Gasteiger partial charge is 0.489 e. The zero-order chi connectivity index (χ0) is 17.9. The summed E-state index contributed by atoms with van der Waals surface area (Å²) in [6.07, 6.45) is 3.71. The van der Waals surface area contributed by atoms with Crippen LogP contribution in [0.2, 0.25) is 5.02 Å². The van der Waals surface area contributed by atoms with Gasteiger partial charge in [-0.3, -0.25) is 0 Å². The highest BCUT2D eigenvalue weighted by molar-refractivity contribution is 9.28. The molecule has 0 atom stereocenters. The first-order valence-electron chi connectivity index (χ1n) is 7.66. The second kappa shape index (κ2) is 11.8. The molecule has 0 saturated carbocycles. The molecule has 4 nitrogen and oxygen atoms in total. The van der Waals surface area contributed by atoms with Crippen LogP contribution in [0.3, 0.4) is 0 Å². The normalized spacial score (nSPS) is 10.1. The summed E-state index contributed by atoms with van der Waals surface area (Å²) < 4.78 is 12.3. The van der Waals surface area contributed by atoms with Crippen LogP contribution < -0.4 is 9.47 Å². The Bertz CT molecular complexity index is 583. The Morgan fingerprint density at radius 2 is 1.96 bits per heavy atom. The average Bonchev–Trinajstić information content (AvgIpc) is 2.48. The highest BCUT2D eigenvalue weighted by atomic mass is 79.9. The predicted molar refractivity (Wildman–Crippen MR) is 107 cm³/mol. The molecule has 1 aromatic rings. The Balaban J connectivity index is 2.75. The molecule has 0 radical (unpaired) electrons. The van der Waals surface area contributed by atoms with Crippen molar-refractivity contribution in [2.45, 2.75) is 33.6 Å². The van der Waals surface area contributed by atoms with E-state index in [-0.39, 0.29) is 0 Å². The van der Waals surface area contributed by atoms with E-state index >= 15 is 0 Å². The maximum absolute atomic E-state index is 6.37. The first kappa shape index (κ1) is 21.3. The van der Waals surface area contributed by atoms with Crippen LogP contribution in [-0.2, 0) is 11.3 Å². The summed E-state index contributed by atoms with van der Waals surface area (Å²) in [5.74, 6) is 1.40. The highest BCUT2D eigenvalue weighted by Gasteiger charge is 2.12. The second-order valence-electron chi connectivity index (χ2n) is 5.17. The average molecular weight is 484 g/mol. The minimum Gasteiger partial charge on any atom is -0.489 e. The number of hydrogen-bond donors (Lipinski definition) is 0. The Morgan fingerprint density at radius 3 is 2.58 bits per heavy atom. The first-order chi connectivity index (χ1) is 11.4. The van der Waals surface area contributed by atoms with Crippen molar-refractivity contribution in [2.75, 3.05) is 19.8 Å². The van der Waals surface area contributed by atoms with Gasteiger partial charge >= 0.3 is 0 Å². The summed E-state index contributed by atoms with van der Waals surface area (Å²) in [6, 6.07) is 3.73. The molecule has 1 aromatic carbocycles. The number of halogens is 3. The van der Waals surface area contributed by atoms with Gasteiger partial charge in [-0.05, 0) is 69.8 Å². The summed E-state index contributed by atoms with van der Waals surface area (Å²) in [6.45, 7) is 7.05. The first-order valence-corrected chi connectivity index (χ1v) is 9.62. The standard InChI is InChI=1S/C17H22Br2ClNO3/c1-4-5-13-10-14(22-7-6-16(18)19)11-15(20)17(13)23-8-9-24-21-12(2)3/h6,10-11H,4-5,7-9H2,1-3H3. The molecule has 0 aliphatic heterocycles. The smallest absolute Gasteiger partial charge is 0.151 e. The van der Waals surface area contributed by atoms with Crippen molar-refractivity contribution < 1.29 is 14.3 Å². The molecule has 0 heterocycles. The molecule has 0 fully saturated rings. The molecule has 0 aliphatic rings. The summed E-state index contributed by atoms with van der Waals surface area (Å²) >= 11 is 13.0. The van der Waals surface area contributed by atoms with Crippen LogP contribution in [-0.4, -0.2) is 25.5 Å². The summed E-state index contributed by atoms with van der Waals surface area (Å²) in [7, 11) is 0. The van der Waals surface area contributed by atoms with Crippen molar-refractivity contribution in [3.63, 3.8) is 0 Å². The molecule has 24 heavy (non-hydrogen) atoms. The molecular weight excluding hydrogens is 461 g/mol. The van der Waals surface area contributed by atoms with Crippen LogP contribution in [0.25, 0.3) is 0 Å². The third kappa shape index (κ3) is 8.40. The van der Waals surface area contributed by atoms with Crippen LogP contribution >= 0.6 is 43.5 Å². The number of oxime groups is 1. The molecule has 0 unspecified atom stereocenters. The third-order valence-electron chi connectivity index (χ3n) is 2.77. The number of nitrogens with zero attached hydrogens (tertiary/aromatic N) is 1. The van der Waals surface area contributed by atoms with E-state index in [1.807, 2.05) is 26.0 Å². The molecule has 0 aliphatic carbocycles. The summed E-state index contributed by atoms with van der Waals surface area (Å²) in [5, 5.41) is 4.40. The van der Waals surface area contributed by atoms with Gasteiger partial charge < -0.3 is 14.3 Å². The van der Waals surface area contributed by atoms with Crippen molar-refractivity contribution in [3.8, 4) is 11.5 Å². The maximum atomic E-state index is 6.37. The lowest BCUT2D eigenvalue weighted by Crippen LogP contribution is -2.07. The van der Waals surface area contributed by atoms with Gasteiger partial charge in [0, 0.05) is 6.07 Å². The summed E-state index contributed by atoms with van der Waals surface area (Å²) in [5.41, 5.74) is 1.89. The van der Waals surface area contributed by atoms with E-state index in [0.717, 1.165) is 33.3 Å². The molecular formula is C17H22Br2ClNO3. The predicted octanol–water partition coefficient (Wildman–Crippen LogP) is 6.09. The summed E-state index contributed by atoms with van der Waals surface area (Å²) in [4.78, 5) is 5.14. The minimum atomic E-state index is 0.370. The Morgan fingerprint density at radius 1 is 1.21 bits per heavy atom. The maximum Gasteiger partial charge on any atom is 0.151 e. The lowest BCUT2D eigenvalue weighted by atomic mass is 10.1. The van der Waals surface area contributed by atoms with Crippen molar-refractivity contribution in [1.82, 2.24) is 0 Å². The fraction of sp³-hybridized carbons (Fsp3) is 0.471. The third-order valence-corrected chi connectivity index (χ3v) is 3.70. The zero-order valence-corrected chi connectivity index (χ0v) is 18.0. The van der Waals surface area contributed by atoms with Crippen LogP contribution in [0, 0.1) is 0 Å². The van der Waals surface area contributed by atoms with Crippen LogP contribution in [0.4, 0.5) is 0 Å². The quantitative estimate of drug-likeness (QED) is 0.230. The minimum absolute atomic E-state index is 0.370. The van der Waals surface area contributed by atoms with Gasteiger partial charge in [-0.1, -0.05) is 30.1 Å². The molecule has 0 amide bonds. The molecule has 0 spiro atoms. The van der Waals surface area contributed by atoms with E-state index in [1.165, 1.54) is 0 Å². The van der Waals surface area contributed by atoms with Gasteiger partial charge in [0.15, 0.2) is 6.61 Å². The molecule has 1 rings (SSSR count). The topological polar surface area (TPSA) is 40.0 Å². The lowest BCUT2D eigenvalue weighted by Gasteiger charge is -2.15. The van der Waals surface area contributed by atoms with Gasteiger partial charge in [-0.15, -0.1) is 0 Å². The van der Waals surface area contributed by atoms with Crippen molar-refractivity contribution in [2.24, 2.45) is 5.16 Å². The van der Waals surface area contributed by atoms with E-state index in [0.29, 0.717) is 30.6 Å². The van der Waals surface area contributed by atoms with E-state index in [4.69, 9.17) is 25.9 Å². The Kier molecular flexibility index (Phi) is 10.5. The van der Waals surface area contributed by atoms with Crippen molar-refractivity contribution >= 4 is 49.2 Å². The highest BCUT2D eigenvalue weighted by Crippen LogP contribution is 2.34. The Labute approximate surface area is 165 Å². The lowest BCUT2D eigenvalue weighted by molar-refractivity contribution is 0.106. The molecule has 134 valence electrons. The number of benzene rings is 1. The second-order valence-corrected chi connectivity index (χ2v) is 8.35. The van der Waals surface area contributed by atoms with Crippen molar-refractivity contribution in [3.05, 3.63) is 32.2 Å². The zero-order valence-electron chi connectivity index (χ0n) is 14.1. The number of rotatable bonds is 10. The molecule has 0 aromatic heterocycles. The van der Waals surface area contributed by atoms with Gasteiger partial charge in [0.25, 0.3) is 0 Å². The SMILES string of the molecule is CCCc1cc(OCC=C(Br)Br)cc(Cl)c1OCCON=C(C)C. The molecule has 0 saturated heterocycles. The number of aryl methyl sites for hydroxylation is 1. The van der Waals surface area contributed by atoms with Crippen LogP contribution in [0.1, 0.15) is 32.8 Å². The van der Waals surface area contributed by atoms with E-state index in [9.17, 15) is 0 Å². The van der Waals surface area contributed by atoms with Gasteiger partial charge in [0.05, 0.1) is 14.1 Å². The van der Waals surface area contributed by atoms with E-state index < -0.39 is 0 Å². The Hall–Kier alpha value is -0.720. The van der Waals surface area contributed by atoms with Gasteiger partial charge in [0.1, 0.15) is 24.7 Å². The molecule has 0 bridgehead atoms. The van der Waals surface area contributed by atoms with E-state index in [2.05, 4.69) is 43.9 Å². The fourth-order valence-corrected chi connectivity index (χ4v) is 2.43. The fourth-order valence-electron chi connectivity index (χ4n) is 1.88. The van der Waals surface area contributed by atoms with E-state index in [1.54, 1.807) is 6.07 Å². The van der Waals surface area contributed by atoms with Gasteiger partial charge in [-0.2, -0.15) is 0 Å². The van der Waals surface area contributed by atoms with Crippen molar-refractivity contribution in [1.29, 1.82) is 0 Å². The van der Waals surface area contributed by atoms with Gasteiger partial charge in [-0.25, -0.2) is 0 Å². The monoisotopic (exact) mass is 481 g/mol.